The first-order chi connectivity index (χ1) is 8.16. The molecule has 2 atom stereocenters. The molecule has 17 heavy (non-hydrogen) atoms. The van der Waals surface area contributed by atoms with Gasteiger partial charge in [0.05, 0.1) is 0 Å². The van der Waals surface area contributed by atoms with Crippen LogP contribution in [-0.4, -0.2) is 19.1 Å². The summed E-state index contributed by atoms with van der Waals surface area (Å²) >= 11 is 0. The topological polar surface area (TPSA) is 24.1 Å². The molecule has 1 aliphatic heterocycles. The van der Waals surface area contributed by atoms with Crippen LogP contribution in [0.25, 0.3) is 0 Å². The Bertz CT molecular complexity index is 367. The van der Waals surface area contributed by atoms with Gasteiger partial charge in [-0.15, -0.1) is 0 Å². The van der Waals surface area contributed by atoms with E-state index in [4.69, 9.17) is 0 Å². The van der Waals surface area contributed by atoms with Crippen molar-refractivity contribution in [1.82, 2.24) is 10.6 Å². The second-order valence-electron chi connectivity index (χ2n) is 5.29. The number of rotatable bonds is 3. The first-order valence-electron chi connectivity index (χ1n) is 6.71. The van der Waals surface area contributed by atoms with Crippen LogP contribution in [0.1, 0.15) is 42.5 Å². The summed E-state index contributed by atoms with van der Waals surface area (Å²) in [5.74, 6) is 0. The quantitative estimate of drug-likeness (QED) is 0.837. The van der Waals surface area contributed by atoms with Crippen LogP contribution in [0.2, 0.25) is 0 Å². The van der Waals surface area contributed by atoms with Gasteiger partial charge in [-0.05, 0) is 51.3 Å². The summed E-state index contributed by atoms with van der Waals surface area (Å²) in [5.41, 5.74) is 4.18. The minimum atomic E-state index is 0.444. The fraction of sp³-hybridized carbons (Fsp3) is 0.600. The van der Waals surface area contributed by atoms with Crippen molar-refractivity contribution < 1.29 is 0 Å². The van der Waals surface area contributed by atoms with Crippen LogP contribution in [0.3, 0.4) is 0 Å². The van der Waals surface area contributed by atoms with Crippen molar-refractivity contribution >= 4 is 0 Å². The normalized spacial score (nSPS) is 22.4. The van der Waals surface area contributed by atoms with Gasteiger partial charge in [0.15, 0.2) is 0 Å². The Morgan fingerprint density at radius 1 is 1.35 bits per heavy atom. The van der Waals surface area contributed by atoms with Crippen LogP contribution < -0.4 is 10.6 Å². The lowest BCUT2D eigenvalue weighted by Crippen LogP contribution is -2.44. The highest BCUT2D eigenvalue weighted by molar-refractivity contribution is 5.32. The molecule has 0 aliphatic carbocycles. The lowest BCUT2D eigenvalue weighted by atomic mass is 9.98. The average Bonchev–Trinajstić information content (AvgIpc) is 2.33. The summed E-state index contributed by atoms with van der Waals surface area (Å²) in [6.07, 6.45) is 2.58. The Balaban J connectivity index is 2.02. The van der Waals surface area contributed by atoms with Gasteiger partial charge in [0, 0.05) is 18.6 Å². The SMILES string of the molecule is Cc1ccc(C)c(C(C)NC2CCCNC2)c1. The third-order valence-electron chi connectivity index (χ3n) is 3.68. The smallest absolute Gasteiger partial charge is 0.0297 e. The highest BCUT2D eigenvalue weighted by atomic mass is 15.0. The maximum absolute atomic E-state index is 3.74. The molecule has 0 saturated carbocycles. The van der Waals surface area contributed by atoms with Gasteiger partial charge in [-0.3, -0.25) is 0 Å². The van der Waals surface area contributed by atoms with Crippen LogP contribution in [0.4, 0.5) is 0 Å². The Morgan fingerprint density at radius 2 is 2.18 bits per heavy atom. The zero-order valence-corrected chi connectivity index (χ0v) is 11.2. The van der Waals surface area contributed by atoms with E-state index in [2.05, 4.69) is 49.6 Å². The molecule has 1 fully saturated rings. The van der Waals surface area contributed by atoms with Gasteiger partial charge in [0.25, 0.3) is 0 Å². The van der Waals surface area contributed by atoms with Gasteiger partial charge in [-0.2, -0.15) is 0 Å². The van der Waals surface area contributed by atoms with Crippen LogP contribution in [-0.2, 0) is 0 Å². The second kappa shape index (κ2) is 5.65. The monoisotopic (exact) mass is 232 g/mol. The van der Waals surface area contributed by atoms with Crippen LogP contribution in [0.5, 0.6) is 0 Å². The van der Waals surface area contributed by atoms with Gasteiger partial charge in [0.2, 0.25) is 0 Å². The minimum absolute atomic E-state index is 0.444. The molecule has 2 nitrogen and oxygen atoms in total. The highest BCUT2D eigenvalue weighted by Gasteiger charge is 2.16. The van der Waals surface area contributed by atoms with Crippen molar-refractivity contribution in [2.24, 2.45) is 0 Å². The fourth-order valence-electron chi connectivity index (χ4n) is 2.66. The van der Waals surface area contributed by atoms with Crippen LogP contribution in [0.15, 0.2) is 18.2 Å². The van der Waals surface area contributed by atoms with E-state index in [1.807, 2.05) is 0 Å². The average molecular weight is 232 g/mol. The second-order valence-corrected chi connectivity index (χ2v) is 5.29. The number of piperidine rings is 1. The van der Waals surface area contributed by atoms with E-state index < -0.39 is 0 Å². The summed E-state index contributed by atoms with van der Waals surface area (Å²) < 4.78 is 0. The van der Waals surface area contributed by atoms with E-state index in [0.717, 1.165) is 6.54 Å². The van der Waals surface area contributed by atoms with E-state index in [-0.39, 0.29) is 0 Å². The molecule has 1 aromatic rings. The molecular formula is C15H24N2. The van der Waals surface area contributed by atoms with E-state index in [9.17, 15) is 0 Å². The lowest BCUT2D eigenvalue weighted by molar-refractivity contribution is 0.361. The molecule has 94 valence electrons. The largest absolute Gasteiger partial charge is 0.315 e. The van der Waals surface area contributed by atoms with E-state index >= 15 is 0 Å². The molecule has 2 unspecified atom stereocenters. The third kappa shape index (κ3) is 3.30. The Hall–Kier alpha value is -0.860. The molecule has 2 heteroatoms. The maximum atomic E-state index is 3.74. The van der Waals surface area contributed by atoms with Gasteiger partial charge in [-0.25, -0.2) is 0 Å². The number of aryl methyl sites for hydroxylation is 2. The first-order valence-corrected chi connectivity index (χ1v) is 6.71. The van der Waals surface area contributed by atoms with Crippen molar-refractivity contribution in [3.63, 3.8) is 0 Å². The summed E-state index contributed by atoms with van der Waals surface area (Å²) in [6, 6.07) is 7.79. The third-order valence-corrected chi connectivity index (χ3v) is 3.68. The van der Waals surface area contributed by atoms with Gasteiger partial charge in [-0.1, -0.05) is 23.8 Å². The first kappa shape index (κ1) is 12.6. The van der Waals surface area contributed by atoms with E-state index in [0.29, 0.717) is 12.1 Å². The van der Waals surface area contributed by atoms with E-state index in [1.165, 1.54) is 36.1 Å². The molecule has 2 N–H and O–H groups in total. The molecule has 0 radical (unpaired) electrons. The van der Waals surface area contributed by atoms with Crippen molar-refractivity contribution in [1.29, 1.82) is 0 Å². The molecule has 1 aliphatic rings. The van der Waals surface area contributed by atoms with Crippen LogP contribution >= 0.6 is 0 Å². The van der Waals surface area contributed by atoms with Crippen molar-refractivity contribution in [2.45, 2.75) is 45.7 Å². The van der Waals surface area contributed by atoms with Crippen molar-refractivity contribution in [3.8, 4) is 0 Å². The zero-order valence-electron chi connectivity index (χ0n) is 11.2. The lowest BCUT2D eigenvalue weighted by Gasteiger charge is -2.28. The summed E-state index contributed by atoms with van der Waals surface area (Å²) in [4.78, 5) is 0. The molecule has 0 bridgehead atoms. The standard InChI is InChI=1S/C15H24N2/c1-11-6-7-12(2)15(9-11)13(3)17-14-5-4-8-16-10-14/h6-7,9,13-14,16-17H,4-5,8,10H2,1-3H3. The molecule has 1 aromatic carbocycles. The number of hydrogen-bond acceptors (Lipinski definition) is 2. The Morgan fingerprint density at radius 3 is 2.88 bits per heavy atom. The van der Waals surface area contributed by atoms with Gasteiger partial charge >= 0.3 is 0 Å². The predicted molar refractivity (Wildman–Crippen MR) is 73.4 cm³/mol. The molecule has 2 rings (SSSR count). The predicted octanol–water partition coefficient (Wildman–Crippen LogP) is 2.71. The maximum Gasteiger partial charge on any atom is 0.0297 e. The van der Waals surface area contributed by atoms with Gasteiger partial charge in [0.1, 0.15) is 0 Å². The fourth-order valence-corrected chi connectivity index (χ4v) is 2.66. The molecule has 1 heterocycles. The Labute approximate surface area is 105 Å². The molecule has 0 spiro atoms. The Kier molecular flexibility index (Phi) is 4.19. The molecule has 0 amide bonds. The molecule has 0 aromatic heterocycles. The summed E-state index contributed by atoms with van der Waals surface area (Å²) in [5, 5.41) is 7.20. The van der Waals surface area contributed by atoms with Crippen molar-refractivity contribution in [2.75, 3.05) is 13.1 Å². The molecule has 1 saturated heterocycles. The minimum Gasteiger partial charge on any atom is -0.315 e. The van der Waals surface area contributed by atoms with Crippen LogP contribution in [0, 0.1) is 13.8 Å². The van der Waals surface area contributed by atoms with Gasteiger partial charge < -0.3 is 10.6 Å². The number of benzene rings is 1. The van der Waals surface area contributed by atoms with Crippen molar-refractivity contribution in [3.05, 3.63) is 34.9 Å². The zero-order chi connectivity index (χ0) is 12.3. The summed E-state index contributed by atoms with van der Waals surface area (Å²) in [6.45, 7) is 8.92. The molecular weight excluding hydrogens is 208 g/mol. The summed E-state index contributed by atoms with van der Waals surface area (Å²) in [7, 11) is 0. The number of hydrogen-bond donors (Lipinski definition) is 2. The highest BCUT2D eigenvalue weighted by Crippen LogP contribution is 2.20. The van der Waals surface area contributed by atoms with E-state index in [1.54, 1.807) is 0 Å². The number of nitrogens with one attached hydrogen (secondary N) is 2.